The number of benzene rings is 1. The lowest BCUT2D eigenvalue weighted by molar-refractivity contribution is -0.115. The van der Waals surface area contributed by atoms with Crippen molar-refractivity contribution in [2.24, 2.45) is 4.99 Å². The zero-order valence-electron chi connectivity index (χ0n) is 22.2. The molecule has 0 saturated carbocycles. The van der Waals surface area contributed by atoms with Gasteiger partial charge in [0.15, 0.2) is 4.80 Å². The van der Waals surface area contributed by atoms with E-state index in [1.807, 2.05) is 0 Å². The number of nitrogens with one attached hydrogen (secondary N) is 1. The molecule has 0 saturated heterocycles. The topological polar surface area (TPSA) is 116 Å². The molecule has 9 nitrogen and oxygen atoms in total. The van der Waals surface area contributed by atoms with Crippen molar-refractivity contribution in [3.05, 3.63) is 44.6 Å². The standard InChI is InChI=1S/C28H29N3O6S3/c1-4-13-31-19-12-11-17(26(34)37-5-2)14-21(19)40-28(31)30-23(33)16-38-15-22(32)29-25-24(27(35)36-3)18-9-7-6-8-10-20(18)39-25/h1,11-12,14H,5-10,13,15-16H2,2-3H3,(H,29,32). The number of carbonyl (C=O) groups excluding carboxylic acids is 4. The van der Waals surface area contributed by atoms with Crippen molar-refractivity contribution in [2.45, 2.75) is 45.6 Å². The van der Waals surface area contributed by atoms with E-state index in [-0.39, 0.29) is 30.6 Å². The summed E-state index contributed by atoms with van der Waals surface area (Å²) in [6.45, 7) is 2.21. The quantitative estimate of drug-likeness (QED) is 0.220. The summed E-state index contributed by atoms with van der Waals surface area (Å²) in [5, 5.41) is 3.35. The molecule has 0 atom stereocenters. The highest BCUT2D eigenvalue weighted by molar-refractivity contribution is 8.00. The lowest BCUT2D eigenvalue weighted by Gasteiger charge is -2.07. The number of hydrogen-bond donors (Lipinski definition) is 1. The van der Waals surface area contributed by atoms with Crippen LogP contribution in [-0.2, 0) is 38.4 Å². The Bertz CT molecular complexity index is 1560. The van der Waals surface area contributed by atoms with Gasteiger partial charge in [0.2, 0.25) is 5.91 Å². The molecule has 210 valence electrons. The normalized spacial score (nSPS) is 13.3. The third-order valence-corrected chi connectivity index (χ3v) is 9.35. The Hall–Kier alpha value is -3.40. The predicted molar refractivity (Wildman–Crippen MR) is 158 cm³/mol. The van der Waals surface area contributed by atoms with Crippen LogP contribution in [0.3, 0.4) is 0 Å². The number of terminal acetylenes is 1. The number of esters is 2. The minimum absolute atomic E-state index is 0.0173. The number of amides is 2. The van der Waals surface area contributed by atoms with Crippen LogP contribution in [0.5, 0.6) is 0 Å². The van der Waals surface area contributed by atoms with Crippen LogP contribution in [-0.4, -0.2) is 53.5 Å². The fourth-order valence-corrected chi connectivity index (χ4v) is 7.40. The number of aryl methyl sites for hydroxylation is 1. The third kappa shape index (κ3) is 6.83. The number of thioether (sulfide) groups is 1. The lowest BCUT2D eigenvalue weighted by atomic mass is 10.1. The molecule has 1 aliphatic carbocycles. The monoisotopic (exact) mass is 599 g/mol. The summed E-state index contributed by atoms with van der Waals surface area (Å²) in [7, 11) is 1.34. The summed E-state index contributed by atoms with van der Waals surface area (Å²) >= 11 is 3.80. The van der Waals surface area contributed by atoms with Gasteiger partial charge in [0, 0.05) is 4.88 Å². The summed E-state index contributed by atoms with van der Waals surface area (Å²) in [6.07, 6.45) is 10.4. The van der Waals surface area contributed by atoms with Gasteiger partial charge in [-0.05, 0) is 56.4 Å². The third-order valence-electron chi connectivity index (χ3n) is 6.19. The average molecular weight is 600 g/mol. The molecule has 3 aromatic rings. The van der Waals surface area contributed by atoms with Gasteiger partial charge < -0.3 is 19.4 Å². The van der Waals surface area contributed by atoms with Gasteiger partial charge in [0.05, 0.1) is 53.1 Å². The van der Waals surface area contributed by atoms with Crippen LogP contribution in [0, 0.1) is 12.3 Å². The molecular formula is C28H29N3O6S3. The molecule has 12 heteroatoms. The van der Waals surface area contributed by atoms with Crippen molar-refractivity contribution in [1.82, 2.24) is 4.57 Å². The van der Waals surface area contributed by atoms with Crippen molar-refractivity contribution in [2.75, 3.05) is 30.5 Å². The van der Waals surface area contributed by atoms with E-state index in [1.54, 1.807) is 29.7 Å². The molecule has 1 aliphatic rings. The van der Waals surface area contributed by atoms with Crippen LogP contribution in [0.1, 0.15) is 57.3 Å². The van der Waals surface area contributed by atoms with E-state index in [1.165, 1.54) is 29.8 Å². The van der Waals surface area contributed by atoms with E-state index in [4.69, 9.17) is 15.9 Å². The number of aromatic nitrogens is 1. The molecule has 0 fully saturated rings. The Balaban J connectivity index is 1.43. The van der Waals surface area contributed by atoms with Crippen LogP contribution in [0.25, 0.3) is 10.2 Å². The second-order valence-corrected chi connectivity index (χ2v) is 12.0. The first kappa shape index (κ1) is 29.6. The van der Waals surface area contributed by atoms with Crippen LogP contribution >= 0.6 is 34.4 Å². The summed E-state index contributed by atoms with van der Waals surface area (Å²) in [5.41, 5.74) is 2.58. The van der Waals surface area contributed by atoms with Crippen molar-refractivity contribution < 1.29 is 28.7 Å². The molecule has 2 amide bonds. The maximum absolute atomic E-state index is 12.7. The number of carbonyl (C=O) groups is 4. The number of rotatable bonds is 9. The molecule has 1 aromatic carbocycles. The van der Waals surface area contributed by atoms with Crippen molar-refractivity contribution in [1.29, 1.82) is 0 Å². The number of anilines is 1. The Labute approximate surface area is 244 Å². The maximum Gasteiger partial charge on any atom is 0.341 e. The van der Waals surface area contributed by atoms with E-state index >= 15 is 0 Å². The molecule has 4 rings (SSSR count). The van der Waals surface area contributed by atoms with Gasteiger partial charge in [-0.2, -0.15) is 4.99 Å². The molecule has 0 aliphatic heterocycles. The SMILES string of the molecule is C#CCn1c(=NC(=O)CSCC(=O)Nc2sc3c(c2C(=O)OC)CCCCC3)sc2cc(C(=O)OCC)ccc21. The number of fused-ring (bicyclic) bond motifs is 2. The van der Waals surface area contributed by atoms with Crippen molar-refractivity contribution >= 4 is 73.4 Å². The van der Waals surface area contributed by atoms with Gasteiger partial charge >= 0.3 is 11.9 Å². The Kier molecular flexibility index (Phi) is 10.2. The summed E-state index contributed by atoms with van der Waals surface area (Å²) in [5.74, 6) is 0.964. The first-order valence-corrected chi connectivity index (χ1v) is 15.6. The molecule has 40 heavy (non-hydrogen) atoms. The molecular weight excluding hydrogens is 571 g/mol. The number of hydrogen-bond acceptors (Lipinski definition) is 9. The Morgan fingerprint density at radius 3 is 2.67 bits per heavy atom. The van der Waals surface area contributed by atoms with Crippen LogP contribution in [0.15, 0.2) is 23.2 Å². The minimum atomic E-state index is -0.450. The Morgan fingerprint density at radius 1 is 1.12 bits per heavy atom. The average Bonchev–Trinajstić information content (AvgIpc) is 3.34. The number of nitrogens with zero attached hydrogens (tertiary/aromatic N) is 2. The molecule has 0 spiro atoms. The fourth-order valence-electron chi connectivity index (χ4n) is 4.43. The van der Waals surface area contributed by atoms with E-state index in [2.05, 4.69) is 16.2 Å². The maximum atomic E-state index is 12.7. The second kappa shape index (κ2) is 13.8. The summed E-state index contributed by atoms with van der Waals surface area (Å²) in [6, 6.07) is 5.10. The van der Waals surface area contributed by atoms with Gasteiger partial charge in [-0.1, -0.05) is 23.7 Å². The minimum Gasteiger partial charge on any atom is -0.465 e. The van der Waals surface area contributed by atoms with E-state index in [0.717, 1.165) is 64.5 Å². The van der Waals surface area contributed by atoms with Crippen LogP contribution in [0.4, 0.5) is 5.00 Å². The fraction of sp³-hybridized carbons (Fsp3) is 0.393. The molecule has 2 aromatic heterocycles. The van der Waals surface area contributed by atoms with Crippen molar-refractivity contribution in [3.8, 4) is 12.3 Å². The molecule has 0 radical (unpaired) electrons. The van der Waals surface area contributed by atoms with Crippen LogP contribution < -0.4 is 10.1 Å². The van der Waals surface area contributed by atoms with E-state index < -0.39 is 17.8 Å². The summed E-state index contributed by atoms with van der Waals surface area (Å²) in [4.78, 5) is 55.7. The van der Waals surface area contributed by atoms with Gasteiger partial charge in [-0.25, -0.2) is 9.59 Å². The first-order valence-electron chi connectivity index (χ1n) is 12.8. The number of methoxy groups -OCH3 is 1. The largest absolute Gasteiger partial charge is 0.465 e. The highest BCUT2D eigenvalue weighted by atomic mass is 32.2. The Morgan fingerprint density at radius 2 is 1.93 bits per heavy atom. The summed E-state index contributed by atoms with van der Waals surface area (Å²) < 4.78 is 12.5. The van der Waals surface area contributed by atoms with Gasteiger partial charge in [-0.15, -0.1) is 29.5 Å². The zero-order chi connectivity index (χ0) is 28.6. The number of ether oxygens (including phenoxy) is 2. The molecule has 0 bridgehead atoms. The predicted octanol–water partition coefficient (Wildman–Crippen LogP) is 4.43. The highest BCUT2D eigenvalue weighted by Crippen LogP contribution is 2.38. The van der Waals surface area contributed by atoms with Crippen molar-refractivity contribution in [3.63, 3.8) is 0 Å². The molecule has 0 unspecified atom stereocenters. The van der Waals surface area contributed by atoms with E-state index in [9.17, 15) is 19.2 Å². The smallest absolute Gasteiger partial charge is 0.341 e. The van der Waals surface area contributed by atoms with E-state index in [0.29, 0.717) is 20.9 Å². The number of thiazole rings is 1. The highest BCUT2D eigenvalue weighted by Gasteiger charge is 2.26. The molecule has 1 N–H and O–H groups in total. The second-order valence-electron chi connectivity index (χ2n) is 8.88. The van der Waals surface area contributed by atoms with Gasteiger partial charge in [-0.3, -0.25) is 9.59 Å². The number of thiophene rings is 1. The zero-order valence-corrected chi connectivity index (χ0v) is 24.7. The van der Waals surface area contributed by atoms with Crippen LogP contribution in [0.2, 0.25) is 0 Å². The lowest BCUT2D eigenvalue weighted by Crippen LogP contribution is -2.19. The first-order chi connectivity index (χ1) is 19.4. The van der Waals surface area contributed by atoms with Gasteiger partial charge in [0.1, 0.15) is 5.00 Å². The van der Waals surface area contributed by atoms with Gasteiger partial charge in [0.25, 0.3) is 5.91 Å². The molecule has 2 heterocycles.